The molecular formula is C27H40FN3O11. The molecule has 0 aromatic carbocycles. The summed E-state index contributed by atoms with van der Waals surface area (Å²) in [6.45, 7) is 10.4. The molecule has 42 heavy (non-hydrogen) atoms. The van der Waals surface area contributed by atoms with Gasteiger partial charge < -0.3 is 29.4 Å². The maximum atomic E-state index is 16.7. The number of nitrogens with zero attached hydrogens (tertiary/aromatic N) is 2. The van der Waals surface area contributed by atoms with Crippen LogP contribution in [0.4, 0.5) is 4.39 Å². The highest BCUT2D eigenvalue weighted by Gasteiger charge is 2.62. The summed E-state index contributed by atoms with van der Waals surface area (Å²) in [5, 5.41) is 0. The SMILES string of the molecule is CC(C)C(=O)OCn1c(=O)ccn([C@@H]2O[C@](F)(COC(=O)[C@@H](N)C(C)C)[C@@H](OC(=O)C(C)C)[C@H]2OC(=O)C(C)C)c1=O. The van der Waals surface area contributed by atoms with Crippen LogP contribution < -0.4 is 17.0 Å². The van der Waals surface area contributed by atoms with Gasteiger partial charge in [-0.05, 0) is 5.92 Å². The Labute approximate surface area is 242 Å². The van der Waals surface area contributed by atoms with Gasteiger partial charge in [-0.3, -0.25) is 28.5 Å². The lowest BCUT2D eigenvalue weighted by Crippen LogP contribution is -2.50. The van der Waals surface area contributed by atoms with Crippen LogP contribution in [-0.2, 0) is 49.6 Å². The van der Waals surface area contributed by atoms with E-state index in [0.717, 1.165) is 16.8 Å². The van der Waals surface area contributed by atoms with E-state index < -0.39 is 96.6 Å². The van der Waals surface area contributed by atoms with E-state index in [0.29, 0.717) is 4.57 Å². The monoisotopic (exact) mass is 601 g/mol. The zero-order valence-corrected chi connectivity index (χ0v) is 25.0. The molecule has 0 amide bonds. The van der Waals surface area contributed by atoms with Crippen molar-refractivity contribution < 1.29 is 47.3 Å². The van der Waals surface area contributed by atoms with Crippen LogP contribution in [0, 0.1) is 23.7 Å². The van der Waals surface area contributed by atoms with Crippen LogP contribution in [0.15, 0.2) is 21.9 Å². The lowest BCUT2D eigenvalue weighted by atomic mass is 10.1. The van der Waals surface area contributed by atoms with Crippen molar-refractivity contribution in [3.63, 3.8) is 0 Å². The van der Waals surface area contributed by atoms with E-state index >= 15 is 4.39 Å². The van der Waals surface area contributed by atoms with Crippen molar-refractivity contribution in [2.45, 2.75) is 92.5 Å². The molecule has 14 nitrogen and oxygen atoms in total. The highest BCUT2D eigenvalue weighted by atomic mass is 19.2. The predicted octanol–water partition coefficient (Wildman–Crippen LogP) is 1.02. The third kappa shape index (κ3) is 8.03. The summed E-state index contributed by atoms with van der Waals surface area (Å²) in [4.78, 5) is 75.5. The molecule has 1 aliphatic heterocycles. The molecule has 1 saturated heterocycles. The Hall–Kier alpha value is -3.59. The van der Waals surface area contributed by atoms with E-state index in [1.807, 2.05) is 0 Å². The van der Waals surface area contributed by atoms with Crippen LogP contribution in [0.3, 0.4) is 0 Å². The number of aromatic nitrogens is 2. The first-order chi connectivity index (χ1) is 19.4. The van der Waals surface area contributed by atoms with Crippen molar-refractivity contribution in [1.82, 2.24) is 9.13 Å². The quantitative estimate of drug-likeness (QED) is 0.265. The average molecular weight is 602 g/mol. The van der Waals surface area contributed by atoms with E-state index in [1.165, 1.54) is 27.7 Å². The molecule has 2 N–H and O–H groups in total. The van der Waals surface area contributed by atoms with E-state index in [2.05, 4.69) is 0 Å². The first-order valence-corrected chi connectivity index (χ1v) is 13.6. The number of carbonyl (C=O) groups is 4. The Balaban J connectivity index is 2.63. The summed E-state index contributed by atoms with van der Waals surface area (Å²) >= 11 is 0. The Morgan fingerprint density at radius 3 is 1.98 bits per heavy atom. The lowest BCUT2D eigenvalue weighted by Gasteiger charge is -2.28. The molecule has 0 spiro atoms. The number of esters is 4. The predicted molar refractivity (Wildman–Crippen MR) is 143 cm³/mol. The van der Waals surface area contributed by atoms with Gasteiger partial charge in [0.15, 0.2) is 25.7 Å². The topological polar surface area (TPSA) is 184 Å². The van der Waals surface area contributed by atoms with Crippen molar-refractivity contribution in [2.75, 3.05) is 6.61 Å². The van der Waals surface area contributed by atoms with Gasteiger partial charge in [0, 0.05) is 12.3 Å². The molecule has 0 unspecified atom stereocenters. The fraction of sp³-hybridized carbons (Fsp3) is 0.704. The average Bonchev–Trinajstić information content (AvgIpc) is 3.17. The number of alkyl halides is 1. The van der Waals surface area contributed by atoms with E-state index in [1.54, 1.807) is 27.7 Å². The van der Waals surface area contributed by atoms with Crippen molar-refractivity contribution in [3.8, 4) is 0 Å². The molecule has 1 aliphatic rings. The highest BCUT2D eigenvalue weighted by Crippen LogP contribution is 2.42. The van der Waals surface area contributed by atoms with Crippen LogP contribution in [0.2, 0.25) is 0 Å². The summed E-state index contributed by atoms with van der Waals surface area (Å²) in [5.41, 5.74) is 3.83. The number of rotatable bonds is 12. The van der Waals surface area contributed by atoms with Gasteiger partial charge in [-0.15, -0.1) is 0 Å². The van der Waals surface area contributed by atoms with Gasteiger partial charge in [0.05, 0.1) is 17.8 Å². The zero-order valence-electron chi connectivity index (χ0n) is 25.0. The second kappa shape index (κ2) is 14.1. The summed E-state index contributed by atoms with van der Waals surface area (Å²) in [7, 11) is 0. The molecule has 1 aromatic rings. The molecule has 1 fully saturated rings. The Kier molecular flexibility index (Phi) is 11.6. The van der Waals surface area contributed by atoms with Gasteiger partial charge in [0.1, 0.15) is 6.04 Å². The molecule has 1 aromatic heterocycles. The molecule has 0 saturated carbocycles. The second-order valence-corrected chi connectivity index (χ2v) is 11.3. The minimum Gasteiger partial charge on any atom is -0.458 e. The van der Waals surface area contributed by atoms with Crippen LogP contribution in [0.1, 0.15) is 61.6 Å². The van der Waals surface area contributed by atoms with Crippen LogP contribution in [0.5, 0.6) is 0 Å². The van der Waals surface area contributed by atoms with Gasteiger partial charge in [0.2, 0.25) is 6.10 Å². The Morgan fingerprint density at radius 2 is 1.45 bits per heavy atom. The number of ether oxygens (including phenoxy) is 5. The number of hydrogen-bond donors (Lipinski definition) is 1. The van der Waals surface area contributed by atoms with Gasteiger partial charge in [-0.25, -0.2) is 13.8 Å². The van der Waals surface area contributed by atoms with E-state index in [9.17, 15) is 28.8 Å². The molecule has 236 valence electrons. The summed E-state index contributed by atoms with van der Waals surface area (Å²) in [5.74, 6) is -8.96. The fourth-order valence-electron chi connectivity index (χ4n) is 3.54. The maximum Gasteiger partial charge on any atom is 0.336 e. The van der Waals surface area contributed by atoms with Gasteiger partial charge >= 0.3 is 29.6 Å². The molecule has 15 heteroatoms. The maximum absolute atomic E-state index is 16.7. The third-order valence-electron chi connectivity index (χ3n) is 6.34. The van der Waals surface area contributed by atoms with Crippen molar-refractivity contribution in [3.05, 3.63) is 33.1 Å². The third-order valence-corrected chi connectivity index (χ3v) is 6.34. The number of halogens is 1. The molecule has 2 rings (SSSR count). The molecule has 5 atom stereocenters. The largest absolute Gasteiger partial charge is 0.458 e. The molecule has 0 aliphatic carbocycles. The van der Waals surface area contributed by atoms with Crippen molar-refractivity contribution >= 4 is 23.9 Å². The van der Waals surface area contributed by atoms with E-state index in [4.69, 9.17) is 29.4 Å². The van der Waals surface area contributed by atoms with Crippen molar-refractivity contribution in [1.29, 1.82) is 0 Å². The minimum atomic E-state index is -3.13. The number of hydrogen-bond acceptors (Lipinski definition) is 12. The number of carbonyl (C=O) groups excluding carboxylic acids is 4. The molecule has 0 bridgehead atoms. The van der Waals surface area contributed by atoms with Gasteiger partial charge in [-0.1, -0.05) is 55.4 Å². The van der Waals surface area contributed by atoms with Crippen LogP contribution >= 0.6 is 0 Å². The van der Waals surface area contributed by atoms with Crippen LogP contribution in [0.25, 0.3) is 0 Å². The normalized spacial score (nSPS) is 22.9. The van der Waals surface area contributed by atoms with Crippen LogP contribution in [-0.4, -0.2) is 63.7 Å². The molecule has 0 radical (unpaired) electrons. The summed E-state index contributed by atoms with van der Waals surface area (Å²) < 4.78 is 44.4. The first kappa shape index (κ1) is 34.6. The molecule has 2 heterocycles. The Morgan fingerprint density at radius 1 is 0.905 bits per heavy atom. The Bertz CT molecular complexity index is 1270. The second-order valence-electron chi connectivity index (χ2n) is 11.3. The first-order valence-electron chi connectivity index (χ1n) is 13.6. The highest BCUT2D eigenvalue weighted by molar-refractivity contribution is 5.76. The molecular weight excluding hydrogens is 561 g/mol. The van der Waals surface area contributed by atoms with E-state index in [-0.39, 0.29) is 5.92 Å². The fourth-order valence-corrected chi connectivity index (χ4v) is 3.54. The summed E-state index contributed by atoms with van der Waals surface area (Å²) in [6.07, 6.45) is -4.67. The van der Waals surface area contributed by atoms with Gasteiger partial charge in [0.25, 0.3) is 11.4 Å². The van der Waals surface area contributed by atoms with Crippen molar-refractivity contribution in [2.24, 2.45) is 29.4 Å². The smallest absolute Gasteiger partial charge is 0.336 e. The zero-order chi connectivity index (χ0) is 32.1. The minimum absolute atomic E-state index is 0.357. The van der Waals surface area contributed by atoms with Gasteiger partial charge in [-0.2, -0.15) is 0 Å². The lowest BCUT2D eigenvalue weighted by molar-refractivity contribution is -0.226. The summed E-state index contributed by atoms with van der Waals surface area (Å²) in [6, 6.07) is -0.193. The number of nitrogens with two attached hydrogens (primary N) is 1. The standard InChI is InChI=1S/C27H40FN3O11/c1-13(2)18(29)25(36)38-11-27(28)20(41-24(35)16(7)8)19(40-23(34)15(5)6)21(42-27)30-10-9-17(32)31(26(30)37)12-39-22(33)14(3)4/h9-10,13-16,18-21H,11-12,29H2,1-8H3/t18-,19+,20-,21+,27+/m0/s1.